The van der Waals surface area contributed by atoms with Gasteiger partial charge in [-0.3, -0.25) is 9.69 Å². The minimum Gasteiger partial charge on any atom is -0.497 e. The summed E-state index contributed by atoms with van der Waals surface area (Å²) >= 11 is 0. The van der Waals surface area contributed by atoms with Crippen molar-refractivity contribution in [1.29, 1.82) is 0 Å². The van der Waals surface area contributed by atoms with E-state index >= 15 is 0 Å². The normalized spacial score (nSPS) is 20.3. The minimum absolute atomic E-state index is 0.0684. The first-order chi connectivity index (χ1) is 14.1. The number of hydrogen-bond acceptors (Lipinski definition) is 5. The Labute approximate surface area is 170 Å². The Balaban J connectivity index is 1.50. The monoisotopic (exact) mass is 391 g/mol. The van der Waals surface area contributed by atoms with E-state index in [1.165, 1.54) is 25.7 Å². The van der Waals surface area contributed by atoms with Crippen molar-refractivity contribution in [2.75, 3.05) is 13.8 Å². The Morgan fingerprint density at radius 1 is 1.21 bits per heavy atom. The number of ether oxygens (including phenoxy) is 3. The van der Waals surface area contributed by atoms with E-state index in [-0.39, 0.29) is 5.78 Å². The van der Waals surface area contributed by atoms with E-state index in [2.05, 4.69) is 4.90 Å². The Morgan fingerprint density at radius 2 is 2.03 bits per heavy atom. The molecular weight excluding hydrogens is 366 g/mol. The van der Waals surface area contributed by atoms with Gasteiger partial charge in [0.25, 0.3) is 0 Å². The van der Waals surface area contributed by atoms with Crippen molar-refractivity contribution in [1.82, 2.24) is 4.90 Å². The second-order valence-electron chi connectivity index (χ2n) is 8.05. The molecule has 150 valence electrons. The van der Waals surface area contributed by atoms with Gasteiger partial charge < -0.3 is 14.2 Å². The Morgan fingerprint density at radius 3 is 2.83 bits per heavy atom. The number of benzene rings is 2. The summed E-state index contributed by atoms with van der Waals surface area (Å²) in [6.07, 6.45) is 6.78. The predicted molar refractivity (Wildman–Crippen MR) is 110 cm³/mol. The van der Waals surface area contributed by atoms with Crippen LogP contribution in [0.3, 0.4) is 0 Å². The van der Waals surface area contributed by atoms with E-state index in [9.17, 15) is 4.79 Å². The van der Waals surface area contributed by atoms with E-state index in [1.54, 1.807) is 13.2 Å². The largest absolute Gasteiger partial charge is 0.497 e. The number of fused-ring (bicyclic) bond motifs is 3. The lowest BCUT2D eigenvalue weighted by Crippen LogP contribution is -2.39. The molecule has 0 amide bonds. The maximum absolute atomic E-state index is 13.1. The number of carbonyl (C=O) groups excluding carboxylic acids is 1. The molecule has 0 aromatic heterocycles. The van der Waals surface area contributed by atoms with Crippen LogP contribution < -0.4 is 14.2 Å². The number of aryl methyl sites for hydroxylation is 1. The van der Waals surface area contributed by atoms with Crippen LogP contribution in [0.15, 0.2) is 36.1 Å². The summed E-state index contributed by atoms with van der Waals surface area (Å²) in [6, 6.07) is 10.1. The fourth-order valence-corrected chi connectivity index (χ4v) is 4.63. The predicted octanol–water partition coefficient (Wildman–Crippen LogP) is 4.71. The number of carbonyl (C=O) groups is 1. The molecule has 0 radical (unpaired) electrons. The fourth-order valence-electron chi connectivity index (χ4n) is 4.63. The number of hydrogen-bond donors (Lipinski definition) is 0. The highest BCUT2D eigenvalue weighted by molar-refractivity contribution is 6.15. The van der Waals surface area contributed by atoms with Gasteiger partial charge in [0, 0.05) is 12.6 Å². The summed E-state index contributed by atoms with van der Waals surface area (Å²) < 4.78 is 17.5. The van der Waals surface area contributed by atoms with Gasteiger partial charge in [-0.15, -0.1) is 0 Å². The van der Waals surface area contributed by atoms with Crippen molar-refractivity contribution in [3.63, 3.8) is 0 Å². The quantitative estimate of drug-likeness (QED) is 0.709. The summed E-state index contributed by atoms with van der Waals surface area (Å²) in [5.41, 5.74) is 3.42. The first-order valence-corrected chi connectivity index (χ1v) is 10.3. The molecule has 5 rings (SSSR count). The van der Waals surface area contributed by atoms with Crippen LogP contribution in [0, 0.1) is 6.92 Å². The lowest BCUT2D eigenvalue weighted by atomic mass is 9.98. The van der Waals surface area contributed by atoms with Crippen molar-refractivity contribution >= 4 is 11.9 Å². The standard InChI is InChI=1S/C24H25NO4/c1-15-10-20-19(13-25(14-28-20)17-7-3-4-8-17)24-22(15)23(26)21(29-24)12-16-6-5-9-18(11-16)27-2/h5-6,9-12,17H,3-4,7-8,13-14H2,1-2H3/b21-12-. The fraction of sp³-hybridized carbons (Fsp3) is 0.375. The molecule has 3 aliphatic rings. The van der Waals surface area contributed by atoms with Gasteiger partial charge >= 0.3 is 0 Å². The third-order valence-electron chi connectivity index (χ3n) is 6.18. The van der Waals surface area contributed by atoms with Crippen LogP contribution >= 0.6 is 0 Å². The lowest BCUT2D eigenvalue weighted by Gasteiger charge is -2.34. The molecule has 2 aliphatic heterocycles. The zero-order chi connectivity index (χ0) is 20.0. The number of allylic oxidation sites excluding steroid dienone is 1. The van der Waals surface area contributed by atoms with Crippen molar-refractivity contribution < 1.29 is 19.0 Å². The molecule has 2 aromatic rings. The average molecular weight is 391 g/mol. The Hall–Kier alpha value is -2.79. The summed E-state index contributed by atoms with van der Waals surface area (Å²) in [4.78, 5) is 15.5. The van der Waals surface area contributed by atoms with Gasteiger partial charge in [-0.1, -0.05) is 25.0 Å². The van der Waals surface area contributed by atoms with Gasteiger partial charge in [-0.2, -0.15) is 0 Å². The first-order valence-electron chi connectivity index (χ1n) is 10.3. The molecule has 0 atom stereocenters. The summed E-state index contributed by atoms with van der Waals surface area (Å²) in [5, 5.41) is 0. The van der Waals surface area contributed by atoms with Gasteiger partial charge in [-0.25, -0.2) is 0 Å². The van der Waals surface area contributed by atoms with Crippen LogP contribution in [-0.4, -0.2) is 30.6 Å². The van der Waals surface area contributed by atoms with Gasteiger partial charge in [0.2, 0.25) is 5.78 Å². The van der Waals surface area contributed by atoms with Gasteiger partial charge in [0.15, 0.2) is 5.76 Å². The van der Waals surface area contributed by atoms with E-state index < -0.39 is 0 Å². The maximum atomic E-state index is 13.1. The van der Waals surface area contributed by atoms with Crippen molar-refractivity contribution in [2.24, 2.45) is 0 Å². The van der Waals surface area contributed by atoms with Crippen molar-refractivity contribution in [2.45, 2.75) is 45.2 Å². The summed E-state index contributed by atoms with van der Waals surface area (Å²) in [7, 11) is 1.63. The molecular formula is C24H25NO4. The van der Waals surface area contributed by atoms with E-state index in [0.717, 1.165) is 34.7 Å². The molecule has 2 aromatic carbocycles. The number of Topliss-reactive ketones (excluding diaryl/α,β-unsaturated/α-hetero) is 1. The Bertz CT molecular complexity index is 1000. The highest BCUT2D eigenvalue weighted by atomic mass is 16.5. The molecule has 0 saturated heterocycles. The van der Waals surface area contributed by atoms with Gasteiger partial charge in [0.05, 0.1) is 18.2 Å². The first kappa shape index (κ1) is 18.3. The van der Waals surface area contributed by atoms with Crippen LogP contribution in [-0.2, 0) is 6.54 Å². The Kier molecular flexibility index (Phi) is 4.55. The summed E-state index contributed by atoms with van der Waals surface area (Å²) in [5.74, 6) is 2.54. The number of rotatable bonds is 3. The average Bonchev–Trinajstić information content (AvgIpc) is 3.37. The van der Waals surface area contributed by atoms with Crippen LogP contribution in [0.5, 0.6) is 17.2 Å². The third-order valence-corrected chi connectivity index (χ3v) is 6.18. The lowest BCUT2D eigenvalue weighted by molar-refractivity contribution is 0.0567. The molecule has 0 unspecified atom stereocenters. The molecule has 0 N–H and O–H groups in total. The highest BCUT2D eigenvalue weighted by Crippen LogP contribution is 2.45. The maximum Gasteiger partial charge on any atom is 0.232 e. The zero-order valence-corrected chi connectivity index (χ0v) is 16.9. The SMILES string of the molecule is COc1cccc(/C=C2\Oc3c4c(cc(C)c3C2=O)OCN(C2CCCC2)C4)c1. The topological polar surface area (TPSA) is 48.0 Å². The van der Waals surface area contributed by atoms with Crippen LogP contribution in [0.25, 0.3) is 6.08 Å². The molecule has 1 fully saturated rings. The van der Waals surface area contributed by atoms with Crippen molar-refractivity contribution in [3.05, 3.63) is 58.3 Å². The van der Waals surface area contributed by atoms with E-state index in [0.29, 0.717) is 29.8 Å². The molecule has 2 heterocycles. The van der Waals surface area contributed by atoms with Gasteiger partial charge in [-0.05, 0) is 55.2 Å². The molecule has 1 aliphatic carbocycles. The molecule has 5 nitrogen and oxygen atoms in total. The molecule has 29 heavy (non-hydrogen) atoms. The van der Waals surface area contributed by atoms with Crippen LogP contribution in [0.4, 0.5) is 0 Å². The van der Waals surface area contributed by atoms with Gasteiger partial charge in [0.1, 0.15) is 24.0 Å². The highest BCUT2D eigenvalue weighted by Gasteiger charge is 2.36. The second-order valence-corrected chi connectivity index (χ2v) is 8.05. The molecule has 0 spiro atoms. The number of methoxy groups -OCH3 is 1. The van der Waals surface area contributed by atoms with E-state index in [1.807, 2.05) is 37.3 Å². The molecule has 0 bridgehead atoms. The molecule has 1 saturated carbocycles. The number of nitrogens with zero attached hydrogens (tertiary/aromatic N) is 1. The van der Waals surface area contributed by atoms with E-state index in [4.69, 9.17) is 14.2 Å². The van der Waals surface area contributed by atoms with Crippen LogP contribution in [0.1, 0.15) is 52.7 Å². The summed E-state index contributed by atoms with van der Waals surface area (Å²) in [6.45, 7) is 3.32. The number of ketones is 1. The van der Waals surface area contributed by atoms with Crippen LogP contribution in [0.2, 0.25) is 0 Å². The zero-order valence-electron chi connectivity index (χ0n) is 16.9. The smallest absolute Gasteiger partial charge is 0.232 e. The molecule has 5 heteroatoms. The third kappa shape index (κ3) is 3.19. The van der Waals surface area contributed by atoms with Crippen molar-refractivity contribution in [3.8, 4) is 17.2 Å². The second kappa shape index (κ2) is 7.23. The minimum atomic E-state index is -0.0684.